The Labute approximate surface area is 174 Å². The van der Waals surface area contributed by atoms with Crippen LogP contribution < -0.4 is 5.63 Å². The van der Waals surface area contributed by atoms with Gasteiger partial charge in [-0.3, -0.25) is 9.59 Å². The lowest BCUT2D eigenvalue weighted by molar-refractivity contribution is -0.148. The highest BCUT2D eigenvalue weighted by Crippen LogP contribution is 2.38. The quantitative estimate of drug-likeness (QED) is 0.767. The lowest BCUT2D eigenvalue weighted by Crippen LogP contribution is -2.61. The third-order valence-corrected chi connectivity index (χ3v) is 7.13. The Morgan fingerprint density at radius 2 is 2.07 bits per heavy atom. The zero-order chi connectivity index (χ0) is 21.0. The summed E-state index contributed by atoms with van der Waals surface area (Å²) in [7, 11) is 0. The maximum atomic E-state index is 13.1. The summed E-state index contributed by atoms with van der Waals surface area (Å²) in [6, 6.07) is 4.91. The van der Waals surface area contributed by atoms with E-state index < -0.39 is 5.63 Å². The first-order chi connectivity index (χ1) is 14.4. The van der Waals surface area contributed by atoms with Gasteiger partial charge >= 0.3 is 5.63 Å². The normalized spacial score (nSPS) is 26.0. The Kier molecular flexibility index (Phi) is 4.56. The van der Waals surface area contributed by atoms with Crippen molar-refractivity contribution in [3.8, 4) is 5.75 Å². The summed E-state index contributed by atoms with van der Waals surface area (Å²) in [5.41, 5.74) is 0.891. The predicted octanol–water partition coefficient (Wildman–Crippen LogP) is 2.21. The van der Waals surface area contributed by atoms with Crippen molar-refractivity contribution in [3.05, 3.63) is 39.7 Å². The molecule has 3 fully saturated rings. The number of amides is 2. The lowest BCUT2D eigenvalue weighted by atomic mass is 9.76. The van der Waals surface area contributed by atoms with E-state index in [1.807, 2.05) is 11.8 Å². The van der Waals surface area contributed by atoms with Gasteiger partial charge in [-0.25, -0.2) is 4.79 Å². The highest BCUT2D eigenvalue weighted by Gasteiger charge is 2.44. The van der Waals surface area contributed by atoms with Crippen LogP contribution in [-0.2, 0) is 16.0 Å². The molecule has 1 aromatic carbocycles. The van der Waals surface area contributed by atoms with E-state index in [1.165, 1.54) is 6.07 Å². The Hall–Kier alpha value is -2.83. The zero-order valence-corrected chi connectivity index (χ0v) is 17.1. The minimum atomic E-state index is -0.528. The fraction of sp³-hybridized carbons (Fsp3) is 0.522. The van der Waals surface area contributed by atoms with Crippen molar-refractivity contribution in [2.75, 3.05) is 19.6 Å². The van der Waals surface area contributed by atoms with Crippen molar-refractivity contribution in [2.45, 2.75) is 45.1 Å². The van der Waals surface area contributed by atoms with Crippen LogP contribution in [0.3, 0.4) is 0 Å². The van der Waals surface area contributed by atoms with E-state index in [0.717, 1.165) is 36.8 Å². The molecule has 5 rings (SSSR count). The average molecular weight is 410 g/mol. The summed E-state index contributed by atoms with van der Waals surface area (Å²) in [6.07, 6.45) is 3.68. The van der Waals surface area contributed by atoms with Crippen LogP contribution in [-0.4, -0.2) is 52.4 Å². The van der Waals surface area contributed by atoms with Crippen molar-refractivity contribution < 1.29 is 19.1 Å². The van der Waals surface area contributed by atoms with Gasteiger partial charge in [0.05, 0.1) is 12.0 Å². The molecule has 2 aromatic rings. The topological polar surface area (TPSA) is 91.1 Å². The maximum Gasteiger partial charge on any atom is 0.340 e. The monoisotopic (exact) mass is 410 g/mol. The number of phenols is 1. The van der Waals surface area contributed by atoms with E-state index in [4.69, 9.17) is 4.42 Å². The summed E-state index contributed by atoms with van der Waals surface area (Å²) in [5, 5.41) is 10.4. The van der Waals surface area contributed by atoms with Crippen LogP contribution in [0, 0.1) is 18.8 Å². The number of fused-ring (bicyclic) bond motifs is 5. The molecule has 1 N–H and O–H groups in total. The fourth-order valence-corrected chi connectivity index (χ4v) is 5.66. The van der Waals surface area contributed by atoms with Gasteiger partial charge in [-0.2, -0.15) is 0 Å². The number of aryl methyl sites for hydroxylation is 1. The summed E-state index contributed by atoms with van der Waals surface area (Å²) in [5.74, 6) is 0.861. The van der Waals surface area contributed by atoms with Crippen molar-refractivity contribution in [3.63, 3.8) is 0 Å². The van der Waals surface area contributed by atoms with Gasteiger partial charge < -0.3 is 19.3 Å². The largest absolute Gasteiger partial charge is 0.508 e. The molecule has 2 amide bonds. The second kappa shape index (κ2) is 7.15. The van der Waals surface area contributed by atoms with Crippen LogP contribution in [0.1, 0.15) is 36.8 Å². The third-order valence-electron chi connectivity index (χ3n) is 7.13. The molecule has 30 heavy (non-hydrogen) atoms. The first-order valence-corrected chi connectivity index (χ1v) is 10.7. The Bertz CT molecular complexity index is 1090. The molecule has 7 heteroatoms. The summed E-state index contributed by atoms with van der Waals surface area (Å²) < 4.78 is 5.37. The van der Waals surface area contributed by atoms with Gasteiger partial charge in [-0.05, 0) is 55.7 Å². The maximum absolute atomic E-state index is 13.1. The fourth-order valence-electron chi connectivity index (χ4n) is 5.66. The van der Waals surface area contributed by atoms with Crippen molar-refractivity contribution in [2.24, 2.45) is 11.8 Å². The number of hydrogen-bond donors (Lipinski definition) is 1. The van der Waals surface area contributed by atoms with Crippen molar-refractivity contribution in [1.82, 2.24) is 9.80 Å². The molecule has 3 aliphatic heterocycles. The van der Waals surface area contributed by atoms with Gasteiger partial charge in [0.25, 0.3) is 0 Å². The summed E-state index contributed by atoms with van der Waals surface area (Å²) >= 11 is 0. The molecule has 7 nitrogen and oxygen atoms in total. The number of carbonyl (C=O) groups excluding carboxylic acids is 2. The molecular formula is C23H26N2O5. The second-order valence-corrected chi connectivity index (χ2v) is 9.02. The molecule has 4 heterocycles. The minimum Gasteiger partial charge on any atom is -0.508 e. The molecule has 1 aromatic heterocycles. The SMILES string of the molecule is Cc1c(CC(=O)N2CC3CC(C2)C2CCCC(=O)N2C3)c(=O)oc2cc(O)ccc12. The van der Waals surface area contributed by atoms with Crippen LogP contribution in [0.2, 0.25) is 0 Å². The zero-order valence-electron chi connectivity index (χ0n) is 17.1. The molecule has 0 saturated carbocycles. The molecule has 3 saturated heterocycles. The molecule has 0 aliphatic carbocycles. The van der Waals surface area contributed by atoms with Gasteiger partial charge in [0.15, 0.2) is 0 Å². The van der Waals surface area contributed by atoms with E-state index in [0.29, 0.717) is 42.5 Å². The number of piperidine rings is 3. The highest BCUT2D eigenvalue weighted by molar-refractivity contribution is 5.85. The Morgan fingerprint density at radius 1 is 1.23 bits per heavy atom. The number of nitrogens with zero attached hydrogens (tertiary/aromatic N) is 2. The number of carbonyl (C=O) groups is 2. The van der Waals surface area contributed by atoms with Crippen molar-refractivity contribution in [1.29, 1.82) is 0 Å². The van der Waals surface area contributed by atoms with Crippen LogP contribution in [0.4, 0.5) is 0 Å². The van der Waals surface area contributed by atoms with E-state index in [-0.39, 0.29) is 30.0 Å². The van der Waals surface area contributed by atoms with Crippen molar-refractivity contribution >= 4 is 22.8 Å². The Morgan fingerprint density at radius 3 is 2.90 bits per heavy atom. The predicted molar refractivity (Wildman–Crippen MR) is 110 cm³/mol. The Balaban J connectivity index is 1.37. The number of hydrogen-bond acceptors (Lipinski definition) is 5. The van der Waals surface area contributed by atoms with E-state index in [9.17, 15) is 19.5 Å². The van der Waals surface area contributed by atoms with Gasteiger partial charge in [-0.15, -0.1) is 0 Å². The van der Waals surface area contributed by atoms with E-state index in [1.54, 1.807) is 12.1 Å². The smallest absolute Gasteiger partial charge is 0.340 e. The molecule has 158 valence electrons. The molecular weight excluding hydrogens is 384 g/mol. The molecule has 2 bridgehead atoms. The minimum absolute atomic E-state index is 0.0116. The van der Waals surface area contributed by atoms with Gasteiger partial charge in [-0.1, -0.05) is 0 Å². The molecule has 0 spiro atoms. The van der Waals surface area contributed by atoms with E-state index >= 15 is 0 Å². The van der Waals surface area contributed by atoms with Gasteiger partial charge in [0, 0.05) is 43.5 Å². The van der Waals surface area contributed by atoms with Crippen LogP contribution >= 0.6 is 0 Å². The van der Waals surface area contributed by atoms with Crippen LogP contribution in [0.25, 0.3) is 11.0 Å². The lowest BCUT2D eigenvalue weighted by Gasteiger charge is -2.52. The second-order valence-electron chi connectivity index (χ2n) is 9.02. The number of rotatable bonds is 2. The number of phenolic OH excluding ortho intramolecular Hbond substituents is 1. The average Bonchev–Trinajstić information content (AvgIpc) is 2.71. The number of likely N-dealkylation sites (tertiary alicyclic amines) is 1. The van der Waals surface area contributed by atoms with Gasteiger partial charge in [0.1, 0.15) is 11.3 Å². The first kappa shape index (κ1) is 19.2. The first-order valence-electron chi connectivity index (χ1n) is 10.7. The van der Waals surface area contributed by atoms with Gasteiger partial charge in [0.2, 0.25) is 11.8 Å². The standard InChI is InChI=1S/C23H26N2O5/c1-13-17-6-5-16(26)8-20(17)30-23(29)18(13)9-22(28)24-10-14-7-15(12-24)19-3-2-4-21(27)25(19)11-14/h5-6,8,14-15,19,26H,2-4,7,9-12H2,1H3. The summed E-state index contributed by atoms with van der Waals surface area (Å²) in [4.78, 5) is 41.9. The number of aromatic hydroxyl groups is 1. The van der Waals surface area contributed by atoms with E-state index in [2.05, 4.69) is 4.90 Å². The number of benzene rings is 1. The molecule has 3 atom stereocenters. The van der Waals surface area contributed by atoms with Crippen LogP contribution in [0.5, 0.6) is 5.75 Å². The van der Waals surface area contributed by atoms with Crippen LogP contribution in [0.15, 0.2) is 27.4 Å². The molecule has 3 unspecified atom stereocenters. The third kappa shape index (κ3) is 3.16. The molecule has 3 aliphatic rings. The summed E-state index contributed by atoms with van der Waals surface area (Å²) in [6.45, 7) is 3.84. The highest BCUT2D eigenvalue weighted by atomic mass is 16.4. The molecule has 0 radical (unpaired) electrons.